The van der Waals surface area contributed by atoms with E-state index in [9.17, 15) is 4.79 Å². The highest BCUT2D eigenvalue weighted by Crippen LogP contribution is 2.31. The van der Waals surface area contributed by atoms with E-state index in [1.165, 1.54) is 12.8 Å². The van der Waals surface area contributed by atoms with Crippen LogP contribution in [0, 0.1) is 12.8 Å². The van der Waals surface area contributed by atoms with Crippen LogP contribution >= 0.6 is 24.8 Å². The number of ether oxygens (including phenoxy) is 1. The molecule has 2 aromatic rings. The molecule has 0 radical (unpaired) electrons. The molecular formula is C19H25Cl2N3O2. The normalized spacial score (nSPS) is 13.8. The summed E-state index contributed by atoms with van der Waals surface area (Å²) in [4.78, 5) is 16.4. The van der Waals surface area contributed by atoms with Crippen LogP contribution in [0.4, 0.5) is 0 Å². The zero-order valence-electron chi connectivity index (χ0n) is 14.7. The number of rotatable bonds is 7. The number of carbonyl (C=O) groups is 1. The summed E-state index contributed by atoms with van der Waals surface area (Å²) in [5, 5.41) is 2.91. The number of amides is 1. The van der Waals surface area contributed by atoms with Gasteiger partial charge in [-0.05, 0) is 55.5 Å². The van der Waals surface area contributed by atoms with Crippen LogP contribution in [0.1, 0.15) is 34.5 Å². The van der Waals surface area contributed by atoms with E-state index in [1.54, 1.807) is 12.3 Å². The molecule has 0 spiro atoms. The molecule has 5 nitrogen and oxygen atoms in total. The van der Waals surface area contributed by atoms with Crippen molar-refractivity contribution in [1.82, 2.24) is 10.3 Å². The molecule has 3 rings (SSSR count). The molecule has 7 heteroatoms. The van der Waals surface area contributed by atoms with Crippen LogP contribution in [0.3, 0.4) is 0 Å². The minimum absolute atomic E-state index is 0. The van der Waals surface area contributed by atoms with Gasteiger partial charge in [-0.1, -0.05) is 12.1 Å². The Morgan fingerprint density at radius 2 is 2.08 bits per heavy atom. The number of hydrogen-bond acceptors (Lipinski definition) is 4. The fourth-order valence-corrected chi connectivity index (χ4v) is 2.51. The maximum atomic E-state index is 12.2. The van der Waals surface area contributed by atoms with Crippen molar-refractivity contribution in [3.63, 3.8) is 0 Å². The van der Waals surface area contributed by atoms with Gasteiger partial charge in [-0.25, -0.2) is 0 Å². The number of carbonyl (C=O) groups excluding carboxylic acids is 1. The molecule has 1 heterocycles. The van der Waals surface area contributed by atoms with Crippen LogP contribution in [0.5, 0.6) is 5.75 Å². The van der Waals surface area contributed by atoms with Gasteiger partial charge in [0.15, 0.2) is 0 Å². The monoisotopic (exact) mass is 397 g/mol. The molecule has 1 fully saturated rings. The first-order valence-electron chi connectivity index (χ1n) is 8.30. The highest BCUT2D eigenvalue weighted by molar-refractivity contribution is 5.94. The van der Waals surface area contributed by atoms with Gasteiger partial charge in [0.2, 0.25) is 0 Å². The lowest BCUT2D eigenvalue weighted by Gasteiger charge is -2.12. The lowest BCUT2D eigenvalue weighted by Crippen LogP contribution is -2.38. The third kappa shape index (κ3) is 6.48. The van der Waals surface area contributed by atoms with Gasteiger partial charge in [0, 0.05) is 23.8 Å². The Labute approximate surface area is 166 Å². The third-order valence-electron chi connectivity index (χ3n) is 4.20. The van der Waals surface area contributed by atoms with Gasteiger partial charge in [0.1, 0.15) is 12.4 Å². The number of aromatic nitrogens is 1. The number of nitrogens with zero attached hydrogens (tertiary/aromatic N) is 1. The second kappa shape index (κ2) is 10.4. The van der Waals surface area contributed by atoms with Crippen molar-refractivity contribution in [2.45, 2.75) is 32.4 Å². The van der Waals surface area contributed by atoms with Crippen LogP contribution in [0.15, 0.2) is 42.6 Å². The first kappa shape index (κ1) is 22.2. The molecular weight excluding hydrogens is 373 g/mol. The molecule has 1 atom stereocenters. The summed E-state index contributed by atoms with van der Waals surface area (Å²) >= 11 is 0. The largest absolute Gasteiger partial charge is 0.487 e. The van der Waals surface area contributed by atoms with Gasteiger partial charge in [-0.2, -0.15) is 0 Å². The van der Waals surface area contributed by atoms with E-state index >= 15 is 0 Å². The second-order valence-corrected chi connectivity index (χ2v) is 6.34. The lowest BCUT2D eigenvalue weighted by molar-refractivity contribution is 0.0950. The Morgan fingerprint density at radius 1 is 1.31 bits per heavy atom. The van der Waals surface area contributed by atoms with Crippen molar-refractivity contribution in [2.75, 3.05) is 6.54 Å². The van der Waals surface area contributed by atoms with Crippen molar-refractivity contribution in [2.24, 2.45) is 11.7 Å². The summed E-state index contributed by atoms with van der Waals surface area (Å²) in [6, 6.07) is 11.3. The highest BCUT2D eigenvalue weighted by atomic mass is 35.5. The van der Waals surface area contributed by atoms with Crippen molar-refractivity contribution in [3.8, 4) is 5.75 Å². The van der Waals surface area contributed by atoms with Gasteiger partial charge in [-0.3, -0.25) is 9.78 Å². The summed E-state index contributed by atoms with van der Waals surface area (Å²) in [5.74, 6) is 1.20. The van der Waals surface area contributed by atoms with E-state index in [4.69, 9.17) is 10.5 Å². The van der Waals surface area contributed by atoms with E-state index in [1.807, 2.05) is 37.3 Å². The van der Waals surface area contributed by atoms with E-state index < -0.39 is 0 Å². The van der Waals surface area contributed by atoms with Crippen LogP contribution in [0.25, 0.3) is 0 Å². The number of nitrogens with two attached hydrogens (primary N) is 1. The van der Waals surface area contributed by atoms with E-state index in [0.29, 0.717) is 30.4 Å². The molecule has 0 bridgehead atoms. The smallest absolute Gasteiger partial charge is 0.251 e. The Bertz CT molecular complexity index is 706. The molecule has 1 aliphatic carbocycles. The molecule has 142 valence electrons. The standard InChI is InChI=1S/C19H23N3O2.2ClH/c1-13-5-8-17(10-21-13)24-12-14-3-2-4-16(9-14)19(23)22-11-18(20)15-6-7-15;;/h2-5,8-10,15,18H,6-7,11-12,20H2,1H3,(H,22,23);2*1H. The Balaban J connectivity index is 0.00000169. The molecule has 1 saturated carbocycles. The number of nitrogens with one attached hydrogen (secondary N) is 1. The van der Waals surface area contributed by atoms with Gasteiger partial charge in [0.05, 0.1) is 6.20 Å². The van der Waals surface area contributed by atoms with E-state index in [0.717, 1.165) is 11.3 Å². The van der Waals surface area contributed by atoms with Crippen molar-refractivity contribution >= 4 is 30.7 Å². The number of pyridine rings is 1. The SMILES string of the molecule is Cc1ccc(OCc2cccc(C(=O)NCC(N)C3CC3)c2)cn1.Cl.Cl. The summed E-state index contributed by atoms with van der Waals surface area (Å²) in [6.45, 7) is 2.85. The molecule has 0 saturated heterocycles. The van der Waals surface area contributed by atoms with Crippen LogP contribution in [0.2, 0.25) is 0 Å². The maximum Gasteiger partial charge on any atom is 0.251 e. The van der Waals surface area contributed by atoms with Gasteiger partial charge in [0.25, 0.3) is 5.91 Å². The van der Waals surface area contributed by atoms with E-state index in [-0.39, 0.29) is 36.8 Å². The summed E-state index contributed by atoms with van der Waals surface area (Å²) in [5.41, 5.74) is 8.53. The molecule has 26 heavy (non-hydrogen) atoms. The van der Waals surface area contributed by atoms with Crippen LogP contribution in [-0.2, 0) is 6.61 Å². The van der Waals surface area contributed by atoms with Gasteiger partial charge in [-0.15, -0.1) is 24.8 Å². The number of benzene rings is 1. The molecule has 1 aromatic carbocycles. The van der Waals surface area contributed by atoms with Crippen LogP contribution < -0.4 is 15.8 Å². The molecule has 0 aliphatic heterocycles. The van der Waals surface area contributed by atoms with Crippen LogP contribution in [-0.4, -0.2) is 23.5 Å². The number of aryl methyl sites for hydroxylation is 1. The van der Waals surface area contributed by atoms with Crippen molar-refractivity contribution in [3.05, 3.63) is 59.4 Å². The van der Waals surface area contributed by atoms with E-state index in [2.05, 4.69) is 10.3 Å². The quantitative estimate of drug-likeness (QED) is 0.751. The second-order valence-electron chi connectivity index (χ2n) is 6.34. The highest BCUT2D eigenvalue weighted by Gasteiger charge is 2.28. The molecule has 1 amide bonds. The maximum absolute atomic E-state index is 12.2. The van der Waals surface area contributed by atoms with Gasteiger partial charge < -0.3 is 15.8 Å². The molecule has 1 aliphatic rings. The summed E-state index contributed by atoms with van der Waals surface area (Å²) < 4.78 is 5.71. The zero-order valence-corrected chi connectivity index (χ0v) is 16.3. The summed E-state index contributed by atoms with van der Waals surface area (Å²) in [7, 11) is 0. The average Bonchev–Trinajstić information content (AvgIpc) is 3.44. The fourth-order valence-electron chi connectivity index (χ4n) is 2.51. The third-order valence-corrected chi connectivity index (χ3v) is 4.20. The minimum Gasteiger partial charge on any atom is -0.487 e. The number of halogens is 2. The molecule has 1 unspecified atom stereocenters. The first-order chi connectivity index (χ1) is 11.6. The minimum atomic E-state index is -0.0926. The molecule has 1 aromatic heterocycles. The predicted molar refractivity (Wildman–Crippen MR) is 107 cm³/mol. The van der Waals surface area contributed by atoms with Gasteiger partial charge >= 0.3 is 0 Å². The van der Waals surface area contributed by atoms with Crippen molar-refractivity contribution < 1.29 is 9.53 Å². The Hall–Kier alpha value is -1.82. The Kier molecular flexibility index (Phi) is 8.85. The first-order valence-corrected chi connectivity index (χ1v) is 8.30. The predicted octanol–water partition coefficient (Wildman–Crippen LogP) is 3.28. The van der Waals surface area contributed by atoms with Crippen molar-refractivity contribution in [1.29, 1.82) is 0 Å². The zero-order chi connectivity index (χ0) is 16.9. The fraction of sp³-hybridized carbons (Fsp3) is 0.368. The lowest BCUT2D eigenvalue weighted by atomic mass is 10.1. The summed E-state index contributed by atoms with van der Waals surface area (Å²) in [6.07, 6.45) is 4.06. The number of hydrogen-bond donors (Lipinski definition) is 2. The topological polar surface area (TPSA) is 77.2 Å². The molecule has 3 N–H and O–H groups in total. The average molecular weight is 398 g/mol. The Morgan fingerprint density at radius 3 is 2.73 bits per heavy atom.